The number of aromatic nitrogens is 3. The second-order valence-corrected chi connectivity index (χ2v) is 11.6. The van der Waals surface area contributed by atoms with E-state index in [-0.39, 0.29) is 12.0 Å². The van der Waals surface area contributed by atoms with Gasteiger partial charge in [0.1, 0.15) is 17.2 Å². The molecule has 0 radical (unpaired) electrons. The summed E-state index contributed by atoms with van der Waals surface area (Å²) in [6.07, 6.45) is 8.27. The predicted molar refractivity (Wildman–Crippen MR) is 168 cm³/mol. The van der Waals surface area contributed by atoms with Crippen molar-refractivity contribution in [1.29, 1.82) is 0 Å². The zero-order chi connectivity index (χ0) is 29.5. The maximum atomic E-state index is 12.8. The number of rotatable bonds is 10. The van der Waals surface area contributed by atoms with Gasteiger partial charge in [0.05, 0.1) is 6.10 Å². The Morgan fingerprint density at radius 2 is 1.74 bits per heavy atom. The van der Waals surface area contributed by atoms with E-state index in [1.807, 2.05) is 32.0 Å². The first kappa shape index (κ1) is 29.3. The van der Waals surface area contributed by atoms with Crippen LogP contribution in [0.3, 0.4) is 0 Å². The van der Waals surface area contributed by atoms with Crippen LogP contribution in [-0.2, 0) is 0 Å². The van der Waals surface area contributed by atoms with Crippen molar-refractivity contribution in [3.63, 3.8) is 0 Å². The molecule has 3 aromatic rings. The summed E-state index contributed by atoms with van der Waals surface area (Å²) >= 11 is 0. The fraction of sp³-hybridized carbons (Fsp3) is 0.438. The van der Waals surface area contributed by atoms with Gasteiger partial charge in [-0.2, -0.15) is 9.97 Å². The maximum absolute atomic E-state index is 12.8. The predicted octanol–water partition coefficient (Wildman–Crippen LogP) is 5.37. The number of benzene rings is 1. The zero-order valence-corrected chi connectivity index (χ0v) is 24.9. The molecule has 4 heterocycles. The summed E-state index contributed by atoms with van der Waals surface area (Å²) in [6, 6.07) is 13.8. The van der Waals surface area contributed by atoms with E-state index in [1.165, 1.54) is 50.7 Å². The monoisotopic (exact) mass is 570 g/mol. The molecule has 1 spiro atoms. The number of likely N-dealkylation sites (tertiary alicyclic amines) is 1. The highest BCUT2D eigenvalue weighted by Crippen LogP contribution is 2.42. The van der Waals surface area contributed by atoms with Crippen molar-refractivity contribution in [1.82, 2.24) is 25.2 Å². The molecule has 1 aromatic carbocycles. The Morgan fingerprint density at radius 1 is 1.02 bits per heavy atom. The van der Waals surface area contributed by atoms with Crippen molar-refractivity contribution in [2.75, 3.05) is 55.3 Å². The third-order valence-corrected chi connectivity index (χ3v) is 8.13. The molecule has 1 amide bonds. The highest BCUT2D eigenvalue weighted by atomic mass is 16.5. The molecule has 0 unspecified atom stereocenters. The van der Waals surface area contributed by atoms with Gasteiger partial charge in [0.25, 0.3) is 5.91 Å². The van der Waals surface area contributed by atoms with E-state index in [1.54, 1.807) is 18.2 Å². The molecule has 2 aliphatic heterocycles. The number of carbonyl (C=O) groups is 1. The number of hydrogen-bond donors (Lipinski definition) is 3. The molecular formula is C32H42N8O2. The summed E-state index contributed by atoms with van der Waals surface area (Å²) in [6.45, 7) is 12.5. The number of hydrogen-bond acceptors (Lipinski definition) is 9. The van der Waals surface area contributed by atoms with Gasteiger partial charge in [-0.15, -0.1) is 6.58 Å². The fourth-order valence-corrected chi connectivity index (χ4v) is 5.59. The number of ether oxygens (including phenoxy) is 1. The van der Waals surface area contributed by atoms with E-state index in [2.05, 4.69) is 66.5 Å². The van der Waals surface area contributed by atoms with Crippen molar-refractivity contribution in [2.24, 2.45) is 5.41 Å². The number of nitrogens with one attached hydrogen (secondary N) is 3. The quantitative estimate of drug-likeness (QED) is 0.277. The molecule has 0 aliphatic carbocycles. The number of piperidine rings is 2. The largest absolute Gasteiger partial charge is 0.475 e. The van der Waals surface area contributed by atoms with Crippen LogP contribution >= 0.6 is 0 Å². The molecule has 0 saturated carbocycles. The standard InChI is InChI=1S/C32H42N8O2/c1-5-17-33-30(41)26-22-34-31(38-29(26)37-27-7-6-8-28(36-27)42-23(2)3)35-24-9-11-25(12-10-24)40-20-15-32(16-21-40)13-18-39(4)19-14-32/h5-12,22-23H,1,13-21H2,2-4H3,(H,33,41)(H2,34,35,36,37,38). The molecule has 222 valence electrons. The van der Waals surface area contributed by atoms with Crippen LogP contribution in [-0.4, -0.2) is 71.6 Å². The number of amides is 1. The van der Waals surface area contributed by atoms with Crippen molar-refractivity contribution in [3.8, 4) is 5.88 Å². The third kappa shape index (κ3) is 7.36. The average Bonchev–Trinajstić information content (AvgIpc) is 2.98. The highest BCUT2D eigenvalue weighted by Gasteiger charge is 2.36. The lowest BCUT2D eigenvalue weighted by atomic mass is 9.71. The van der Waals surface area contributed by atoms with Gasteiger partial charge < -0.3 is 30.5 Å². The number of anilines is 5. The van der Waals surface area contributed by atoms with E-state index in [4.69, 9.17) is 4.74 Å². The molecule has 2 aromatic heterocycles. The summed E-state index contributed by atoms with van der Waals surface area (Å²) in [5.41, 5.74) is 2.92. The lowest BCUT2D eigenvalue weighted by Gasteiger charge is -2.46. The molecule has 2 saturated heterocycles. The summed E-state index contributed by atoms with van der Waals surface area (Å²) in [4.78, 5) is 31.3. The lowest BCUT2D eigenvalue weighted by Crippen LogP contribution is -2.46. The average molecular weight is 571 g/mol. The van der Waals surface area contributed by atoms with Gasteiger partial charge in [-0.1, -0.05) is 12.1 Å². The normalized spacial score (nSPS) is 16.7. The van der Waals surface area contributed by atoms with Gasteiger partial charge in [0.15, 0.2) is 0 Å². The Morgan fingerprint density at radius 3 is 2.43 bits per heavy atom. The topological polar surface area (TPSA) is 108 Å². The van der Waals surface area contributed by atoms with Gasteiger partial charge in [-0.3, -0.25) is 4.79 Å². The van der Waals surface area contributed by atoms with Crippen LogP contribution in [0.5, 0.6) is 5.88 Å². The minimum atomic E-state index is -0.313. The second kappa shape index (κ2) is 13.2. The van der Waals surface area contributed by atoms with E-state index < -0.39 is 0 Å². The first-order valence-corrected chi connectivity index (χ1v) is 14.8. The first-order chi connectivity index (χ1) is 20.3. The Kier molecular flexibility index (Phi) is 9.22. The van der Waals surface area contributed by atoms with E-state index >= 15 is 0 Å². The molecule has 5 rings (SSSR count). The Balaban J connectivity index is 1.28. The summed E-state index contributed by atoms with van der Waals surface area (Å²) in [7, 11) is 2.23. The van der Waals surface area contributed by atoms with Crippen molar-refractivity contribution < 1.29 is 9.53 Å². The molecule has 2 fully saturated rings. The van der Waals surface area contributed by atoms with Crippen molar-refractivity contribution in [2.45, 2.75) is 45.6 Å². The molecule has 42 heavy (non-hydrogen) atoms. The summed E-state index contributed by atoms with van der Waals surface area (Å²) in [5.74, 6) is 1.36. The van der Waals surface area contributed by atoms with Gasteiger partial charge in [0, 0.05) is 43.3 Å². The molecule has 10 heteroatoms. The van der Waals surface area contributed by atoms with Crippen LogP contribution in [0.25, 0.3) is 0 Å². The number of nitrogens with zero attached hydrogens (tertiary/aromatic N) is 5. The SMILES string of the molecule is C=CCNC(=O)c1cnc(Nc2ccc(N3CCC4(CCN(C)CC4)CC3)cc2)nc1Nc1cccc(OC(C)C)n1. The molecule has 3 N–H and O–H groups in total. The first-order valence-electron chi connectivity index (χ1n) is 14.8. The van der Waals surface area contributed by atoms with Gasteiger partial charge >= 0.3 is 0 Å². The smallest absolute Gasteiger partial charge is 0.256 e. The van der Waals surface area contributed by atoms with Crippen LogP contribution < -0.4 is 25.6 Å². The van der Waals surface area contributed by atoms with Gasteiger partial charge in [-0.25, -0.2) is 4.98 Å². The van der Waals surface area contributed by atoms with Crippen LogP contribution in [0.4, 0.5) is 29.0 Å². The van der Waals surface area contributed by atoms with Crippen molar-refractivity contribution >= 4 is 34.9 Å². The Bertz CT molecular complexity index is 1360. The van der Waals surface area contributed by atoms with Crippen molar-refractivity contribution in [3.05, 3.63) is 66.9 Å². The minimum Gasteiger partial charge on any atom is -0.475 e. The number of pyridine rings is 1. The van der Waals surface area contributed by atoms with Crippen LogP contribution in [0.15, 0.2) is 61.3 Å². The van der Waals surface area contributed by atoms with Crippen LogP contribution in [0.1, 0.15) is 49.9 Å². The Hall–Kier alpha value is -4.18. The molecular weight excluding hydrogens is 528 g/mol. The molecule has 0 atom stereocenters. The molecule has 0 bridgehead atoms. The number of carbonyl (C=O) groups excluding carboxylic acids is 1. The van der Waals surface area contributed by atoms with E-state index in [0.717, 1.165) is 18.8 Å². The molecule has 2 aliphatic rings. The zero-order valence-electron chi connectivity index (χ0n) is 24.9. The lowest BCUT2D eigenvalue weighted by molar-refractivity contribution is 0.0944. The third-order valence-electron chi connectivity index (χ3n) is 8.13. The summed E-state index contributed by atoms with van der Waals surface area (Å²) < 4.78 is 5.72. The van der Waals surface area contributed by atoms with Gasteiger partial charge in [0.2, 0.25) is 11.8 Å². The van der Waals surface area contributed by atoms with Gasteiger partial charge in [-0.05, 0) is 95.4 Å². The van der Waals surface area contributed by atoms with Crippen LogP contribution in [0, 0.1) is 5.41 Å². The summed E-state index contributed by atoms with van der Waals surface area (Å²) in [5, 5.41) is 9.24. The second-order valence-electron chi connectivity index (χ2n) is 11.6. The Labute approximate surface area is 248 Å². The molecule has 10 nitrogen and oxygen atoms in total. The van der Waals surface area contributed by atoms with E-state index in [0.29, 0.717) is 41.0 Å². The van der Waals surface area contributed by atoms with Crippen LogP contribution in [0.2, 0.25) is 0 Å². The maximum Gasteiger partial charge on any atom is 0.256 e. The highest BCUT2D eigenvalue weighted by molar-refractivity contribution is 5.99. The van der Waals surface area contributed by atoms with E-state index in [9.17, 15) is 4.79 Å². The fourth-order valence-electron chi connectivity index (χ4n) is 5.59. The minimum absolute atomic E-state index is 0.0139.